The summed E-state index contributed by atoms with van der Waals surface area (Å²) in [4.78, 5) is 0. The molecule has 4 heteroatoms. The van der Waals surface area contributed by atoms with Crippen LogP contribution in [0.5, 0.6) is 0 Å². The van der Waals surface area contributed by atoms with E-state index in [1.807, 2.05) is 13.1 Å². The first kappa shape index (κ1) is 8.23. The van der Waals surface area contributed by atoms with Crippen molar-refractivity contribution in [3.63, 3.8) is 0 Å². The zero-order valence-electron chi connectivity index (χ0n) is 6.44. The number of hydrogen-bond donors (Lipinski definition) is 2. The van der Waals surface area contributed by atoms with Crippen molar-refractivity contribution in [2.24, 2.45) is 0 Å². The number of aryl methyl sites for hydroxylation is 1. The normalized spacial score (nSPS) is 13.4. The van der Waals surface area contributed by atoms with E-state index in [1.165, 1.54) is 0 Å². The van der Waals surface area contributed by atoms with Crippen molar-refractivity contribution in [3.8, 4) is 0 Å². The molecule has 0 aliphatic heterocycles. The zero-order valence-corrected chi connectivity index (χ0v) is 6.44. The van der Waals surface area contributed by atoms with Crippen molar-refractivity contribution in [2.45, 2.75) is 19.6 Å². The van der Waals surface area contributed by atoms with E-state index in [9.17, 15) is 0 Å². The Bertz CT molecular complexity index is 222. The van der Waals surface area contributed by atoms with Crippen LogP contribution in [0.3, 0.4) is 0 Å². The Morgan fingerprint density at radius 2 is 2.45 bits per heavy atom. The van der Waals surface area contributed by atoms with Gasteiger partial charge in [-0.15, -0.1) is 0 Å². The second-order valence-electron chi connectivity index (χ2n) is 2.58. The van der Waals surface area contributed by atoms with Gasteiger partial charge in [-0.05, 0) is 12.5 Å². The molecule has 1 rings (SSSR count). The van der Waals surface area contributed by atoms with Crippen LogP contribution in [0, 0.1) is 6.92 Å². The molecule has 0 spiro atoms. The van der Waals surface area contributed by atoms with E-state index in [4.69, 9.17) is 10.2 Å². The second-order valence-corrected chi connectivity index (χ2v) is 2.58. The largest absolute Gasteiger partial charge is 0.394 e. The van der Waals surface area contributed by atoms with Gasteiger partial charge in [-0.1, -0.05) is 0 Å². The van der Waals surface area contributed by atoms with Gasteiger partial charge in [0.1, 0.15) is 0 Å². The van der Waals surface area contributed by atoms with Crippen molar-refractivity contribution in [1.82, 2.24) is 9.78 Å². The van der Waals surface area contributed by atoms with Gasteiger partial charge in [0, 0.05) is 6.20 Å². The highest BCUT2D eigenvalue weighted by atomic mass is 16.3. The highest BCUT2D eigenvalue weighted by molar-refractivity contribution is 4.99. The van der Waals surface area contributed by atoms with Crippen molar-refractivity contribution in [2.75, 3.05) is 6.61 Å². The monoisotopic (exact) mass is 156 g/mol. The van der Waals surface area contributed by atoms with Crippen molar-refractivity contribution >= 4 is 0 Å². The molecule has 0 amide bonds. The van der Waals surface area contributed by atoms with Gasteiger partial charge < -0.3 is 10.2 Å². The molecule has 0 aliphatic rings. The summed E-state index contributed by atoms with van der Waals surface area (Å²) >= 11 is 0. The minimum absolute atomic E-state index is 0.223. The van der Waals surface area contributed by atoms with Crippen LogP contribution in [-0.4, -0.2) is 32.7 Å². The van der Waals surface area contributed by atoms with E-state index >= 15 is 0 Å². The van der Waals surface area contributed by atoms with Crippen LogP contribution in [0.4, 0.5) is 0 Å². The highest BCUT2D eigenvalue weighted by Gasteiger charge is 2.02. The van der Waals surface area contributed by atoms with Crippen LogP contribution in [0.25, 0.3) is 0 Å². The molecule has 0 aliphatic carbocycles. The number of rotatable bonds is 3. The lowest BCUT2D eigenvalue weighted by molar-refractivity contribution is 0.0782. The lowest BCUT2D eigenvalue weighted by Gasteiger charge is -2.05. The molecular formula is C7H12N2O2. The minimum Gasteiger partial charge on any atom is -0.394 e. The highest BCUT2D eigenvalue weighted by Crippen LogP contribution is 1.95. The Morgan fingerprint density at radius 3 is 2.91 bits per heavy atom. The number of hydrogen-bond acceptors (Lipinski definition) is 3. The topological polar surface area (TPSA) is 58.3 Å². The molecule has 1 aromatic heterocycles. The number of aliphatic hydroxyl groups is 2. The molecule has 1 unspecified atom stereocenters. The van der Waals surface area contributed by atoms with E-state index in [1.54, 1.807) is 10.9 Å². The third kappa shape index (κ3) is 2.32. The summed E-state index contributed by atoms with van der Waals surface area (Å²) < 4.78 is 1.61. The van der Waals surface area contributed by atoms with Gasteiger partial charge >= 0.3 is 0 Å². The number of nitrogens with zero attached hydrogens (tertiary/aromatic N) is 2. The molecule has 0 saturated heterocycles. The third-order valence-corrected chi connectivity index (χ3v) is 1.37. The molecule has 62 valence electrons. The van der Waals surface area contributed by atoms with E-state index in [0.29, 0.717) is 6.54 Å². The predicted octanol–water partition coefficient (Wildman–Crippen LogP) is -0.455. The van der Waals surface area contributed by atoms with E-state index in [0.717, 1.165) is 5.56 Å². The van der Waals surface area contributed by atoms with Gasteiger partial charge in [0.15, 0.2) is 0 Å². The molecule has 11 heavy (non-hydrogen) atoms. The summed E-state index contributed by atoms with van der Waals surface area (Å²) in [6.07, 6.45) is 2.82. The van der Waals surface area contributed by atoms with Gasteiger partial charge in [0.25, 0.3) is 0 Å². The summed E-state index contributed by atoms with van der Waals surface area (Å²) in [5.74, 6) is 0. The van der Waals surface area contributed by atoms with E-state index in [-0.39, 0.29) is 6.61 Å². The maximum absolute atomic E-state index is 9.01. The molecule has 4 nitrogen and oxygen atoms in total. The number of aromatic nitrogens is 2. The fourth-order valence-corrected chi connectivity index (χ4v) is 0.840. The lowest BCUT2D eigenvalue weighted by atomic mass is 10.4. The van der Waals surface area contributed by atoms with Crippen LogP contribution in [-0.2, 0) is 6.54 Å². The van der Waals surface area contributed by atoms with Gasteiger partial charge in [-0.3, -0.25) is 4.68 Å². The summed E-state index contributed by atoms with van der Waals surface area (Å²) in [6.45, 7) is 2.05. The average molecular weight is 156 g/mol. The smallest absolute Gasteiger partial charge is 0.0966 e. The Morgan fingerprint density at radius 1 is 1.73 bits per heavy atom. The fraction of sp³-hybridized carbons (Fsp3) is 0.571. The molecule has 0 radical (unpaired) electrons. The standard InChI is InChI=1S/C7H12N2O2/c1-6-2-8-9(3-6)4-7(11)5-10/h2-3,7,10-11H,4-5H2,1H3. The van der Waals surface area contributed by atoms with E-state index in [2.05, 4.69) is 5.10 Å². The zero-order chi connectivity index (χ0) is 8.27. The first-order valence-electron chi connectivity index (χ1n) is 3.50. The molecule has 2 N–H and O–H groups in total. The molecule has 0 aromatic carbocycles. The lowest BCUT2D eigenvalue weighted by Crippen LogP contribution is -2.19. The first-order valence-corrected chi connectivity index (χ1v) is 3.50. The fourth-order valence-electron chi connectivity index (χ4n) is 0.840. The first-order chi connectivity index (χ1) is 5.22. The van der Waals surface area contributed by atoms with Crippen molar-refractivity contribution < 1.29 is 10.2 Å². The summed E-state index contributed by atoms with van der Waals surface area (Å²) in [6, 6.07) is 0. The van der Waals surface area contributed by atoms with Crippen LogP contribution >= 0.6 is 0 Å². The Balaban J connectivity index is 2.50. The van der Waals surface area contributed by atoms with E-state index < -0.39 is 6.10 Å². The average Bonchev–Trinajstić information content (AvgIpc) is 2.35. The molecule has 0 fully saturated rings. The number of aliphatic hydroxyl groups excluding tert-OH is 2. The van der Waals surface area contributed by atoms with Crippen LogP contribution in [0.2, 0.25) is 0 Å². The molecule has 1 heterocycles. The maximum Gasteiger partial charge on any atom is 0.0966 e. The Labute approximate surface area is 65.1 Å². The van der Waals surface area contributed by atoms with Gasteiger partial charge in [0.05, 0.1) is 25.5 Å². The summed E-state index contributed by atoms with van der Waals surface area (Å²) in [5, 5.41) is 21.5. The minimum atomic E-state index is -0.714. The quantitative estimate of drug-likeness (QED) is 0.623. The Hall–Kier alpha value is -0.870. The Kier molecular flexibility index (Phi) is 2.62. The second kappa shape index (κ2) is 3.50. The molecule has 0 saturated carbocycles. The van der Waals surface area contributed by atoms with Crippen LogP contribution in [0.15, 0.2) is 12.4 Å². The molecule has 1 aromatic rings. The molecule has 1 atom stereocenters. The van der Waals surface area contributed by atoms with Crippen LogP contribution in [0.1, 0.15) is 5.56 Å². The molecular weight excluding hydrogens is 144 g/mol. The van der Waals surface area contributed by atoms with Crippen molar-refractivity contribution in [3.05, 3.63) is 18.0 Å². The summed E-state index contributed by atoms with van der Waals surface area (Å²) in [5.41, 5.74) is 1.05. The maximum atomic E-state index is 9.01. The van der Waals surface area contributed by atoms with Gasteiger partial charge in [-0.25, -0.2) is 0 Å². The molecule has 0 bridgehead atoms. The van der Waals surface area contributed by atoms with Crippen molar-refractivity contribution in [1.29, 1.82) is 0 Å². The van der Waals surface area contributed by atoms with Crippen LogP contribution < -0.4 is 0 Å². The summed E-state index contributed by atoms with van der Waals surface area (Å²) in [7, 11) is 0. The van der Waals surface area contributed by atoms with Gasteiger partial charge in [-0.2, -0.15) is 5.10 Å². The SMILES string of the molecule is Cc1cnn(CC(O)CO)c1. The third-order valence-electron chi connectivity index (χ3n) is 1.37. The predicted molar refractivity (Wildman–Crippen MR) is 40.1 cm³/mol. The van der Waals surface area contributed by atoms with Gasteiger partial charge in [0.2, 0.25) is 0 Å².